The Labute approximate surface area is 175 Å². The highest BCUT2D eigenvalue weighted by atomic mass is 16.2. The first-order valence-electron chi connectivity index (χ1n) is 10.7. The number of hydrogen-bond donors (Lipinski definition) is 2. The number of amides is 3. The fourth-order valence-corrected chi connectivity index (χ4v) is 5.13. The van der Waals surface area contributed by atoms with E-state index in [2.05, 4.69) is 16.4 Å². The Morgan fingerprint density at radius 2 is 1.90 bits per heavy atom. The van der Waals surface area contributed by atoms with Crippen molar-refractivity contribution in [1.82, 2.24) is 15.2 Å². The highest BCUT2D eigenvalue weighted by Gasteiger charge is 2.60. The quantitative estimate of drug-likeness (QED) is 0.701. The lowest BCUT2D eigenvalue weighted by molar-refractivity contribution is -0.126. The summed E-state index contributed by atoms with van der Waals surface area (Å²) in [5.41, 5.74) is 3.54. The maximum Gasteiger partial charge on any atom is 0.318 e. The van der Waals surface area contributed by atoms with Gasteiger partial charge in [0.15, 0.2) is 5.54 Å². The van der Waals surface area contributed by atoms with Gasteiger partial charge in [-0.25, -0.2) is 4.79 Å². The smallest absolute Gasteiger partial charge is 0.318 e. The van der Waals surface area contributed by atoms with Gasteiger partial charge >= 0.3 is 6.03 Å². The number of benzene rings is 2. The Morgan fingerprint density at radius 3 is 2.70 bits per heavy atom. The second kappa shape index (κ2) is 6.90. The number of likely N-dealkylation sites (N-methyl/N-ethyl adjacent to an activating group) is 1. The molecule has 3 amide bonds. The van der Waals surface area contributed by atoms with Crippen LogP contribution in [0.3, 0.4) is 0 Å². The molecule has 0 saturated carbocycles. The molecule has 1 atom stereocenters. The zero-order valence-electron chi connectivity index (χ0n) is 17.4. The number of carbonyl (C=O) groups excluding carboxylic acids is 2. The van der Waals surface area contributed by atoms with Gasteiger partial charge in [-0.15, -0.1) is 0 Å². The summed E-state index contributed by atoms with van der Waals surface area (Å²) in [4.78, 5) is 34.5. The van der Waals surface area contributed by atoms with Gasteiger partial charge in [0.25, 0.3) is 5.91 Å². The first-order valence-corrected chi connectivity index (χ1v) is 10.7. The van der Waals surface area contributed by atoms with Gasteiger partial charge in [0, 0.05) is 36.1 Å². The van der Waals surface area contributed by atoms with E-state index in [1.165, 1.54) is 0 Å². The highest BCUT2D eigenvalue weighted by molar-refractivity contribution is 6.12. The molecule has 2 N–H and O–H groups in total. The zero-order valence-corrected chi connectivity index (χ0v) is 17.4. The first-order chi connectivity index (χ1) is 14.6. The lowest BCUT2D eigenvalue weighted by Crippen LogP contribution is -2.61. The third-order valence-corrected chi connectivity index (χ3v) is 6.39. The maximum atomic E-state index is 14.1. The lowest BCUT2D eigenvalue weighted by atomic mass is 9.80. The number of urea groups is 1. The van der Waals surface area contributed by atoms with Crippen LogP contribution >= 0.6 is 0 Å². The summed E-state index contributed by atoms with van der Waals surface area (Å²) >= 11 is 0. The Hall–Kier alpha value is -3.28. The number of nitrogens with zero attached hydrogens (tertiary/aromatic N) is 2. The molecule has 30 heavy (non-hydrogen) atoms. The van der Waals surface area contributed by atoms with E-state index in [1.54, 1.807) is 9.80 Å². The van der Waals surface area contributed by atoms with Gasteiger partial charge in [-0.05, 0) is 37.5 Å². The van der Waals surface area contributed by atoms with Gasteiger partial charge in [0.05, 0.1) is 11.4 Å². The van der Waals surface area contributed by atoms with Gasteiger partial charge in [-0.2, -0.15) is 0 Å². The molecule has 0 fully saturated rings. The van der Waals surface area contributed by atoms with E-state index in [-0.39, 0.29) is 11.9 Å². The molecule has 154 valence electrons. The molecule has 0 bridgehead atoms. The number of carbonyl (C=O) groups is 2. The standard InChI is InChI=1S/C24H26N4O2/c1-3-14-25-23(30)28-15-13-17-16-9-5-7-11-19(16)26-21(17)24(28)18-10-6-8-12-20(18)27(4-2)22(24)29/h5-12,26H,3-4,13-15H2,1-2H3,(H,25,30)/t24-/m0/s1. The number of H-pyrrole nitrogens is 1. The van der Waals surface area contributed by atoms with Crippen LogP contribution < -0.4 is 10.2 Å². The molecule has 2 aromatic carbocycles. The van der Waals surface area contributed by atoms with Gasteiger partial charge in [-0.1, -0.05) is 43.3 Å². The van der Waals surface area contributed by atoms with E-state index in [9.17, 15) is 9.59 Å². The molecule has 0 aliphatic carbocycles. The fourth-order valence-electron chi connectivity index (χ4n) is 5.13. The van der Waals surface area contributed by atoms with Crippen LogP contribution in [0, 0.1) is 0 Å². The van der Waals surface area contributed by atoms with Crippen LogP contribution in [0.2, 0.25) is 0 Å². The van der Waals surface area contributed by atoms with Crippen molar-refractivity contribution in [3.05, 3.63) is 65.4 Å². The Morgan fingerprint density at radius 1 is 1.13 bits per heavy atom. The van der Waals surface area contributed by atoms with Crippen molar-refractivity contribution in [2.45, 2.75) is 32.2 Å². The molecule has 0 saturated heterocycles. The number of nitrogens with one attached hydrogen (secondary N) is 2. The van der Waals surface area contributed by atoms with E-state index in [0.717, 1.165) is 39.8 Å². The molecule has 6 nitrogen and oxygen atoms in total. The van der Waals surface area contributed by atoms with Crippen molar-refractivity contribution in [3.63, 3.8) is 0 Å². The average molecular weight is 402 g/mol. The number of aromatic amines is 1. The van der Waals surface area contributed by atoms with Crippen LogP contribution in [-0.4, -0.2) is 41.5 Å². The topological polar surface area (TPSA) is 68.4 Å². The molecule has 6 heteroatoms. The summed E-state index contributed by atoms with van der Waals surface area (Å²) in [5, 5.41) is 4.13. The molecule has 0 radical (unpaired) electrons. The summed E-state index contributed by atoms with van der Waals surface area (Å²) in [6.45, 7) is 5.62. The molecule has 3 heterocycles. The van der Waals surface area contributed by atoms with Crippen LogP contribution in [0.25, 0.3) is 10.9 Å². The van der Waals surface area contributed by atoms with E-state index in [1.807, 2.05) is 56.3 Å². The Balaban J connectivity index is 1.81. The number of rotatable bonds is 3. The minimum Gasteiger partial charge on any atom is -0.355 e. The Bertz CT molecular complexity index is 1150. The molecule has 1 spiro atoms. The molecular formula is C24H26N4O2. The van der Waals surface area contributed by atoms with Crippen molar-refractivity contribution >= 4 is 28.5 Å². The third kappa shape index (κ3) is 2.30. The number of anilines is 1. The van der Waals surface area contributed by atoms with Crippen molar-refractivity contribution in [2.24, 2.45) is 0 Å². The van der Waals surface area contributed by atoms with Gasteiger partial charge in [0.2, 0.25) is 0 Å². The normalized spacial score (nSPS) is 20.0. The van der Waals surface area contributed by atoms with Crippen molar-refractivity contribution < 1.29 is 9.59 Å². The van der Waals surface area contributed by atoms with Crippen LogP contribution in [0.5, 0.6) is 0 Å². The van der Waals surface area contributed by atoms with E-state index >= 15 is 0 Å². The predicted octanol–water partition coefficient (Wildman–Crippen LogP) is 3.76. The second-order valence-corrected chi connectivity index (χ2v) is 7.93. The van der Waals surface area contributed by atoms with Crippen LogP contribution in [0.4, 0.5) is 10.5 Å². The van der Waals surface area contributed by atoms with Crippen LogP contribution in [-0.2, 0) is 16.8 Å². The van der Waals surface area contributed by atoms with Gasteiger partial charge < -0.3 is 20.1 Å². The summed E-state index contributed by atoms with van der Waals surface area (Å²) in [6, 6.07) is 15.8. The monoisotopic (exact) mass is 402 g/mol. The minimum atomic E-state index is -1.17. The fraction of sp³-hybridized carbons (Fsp3) is 0.333. The van der Waals surface area contributed by atoms with Gasteiger partial charge in [-0.3, -0.25) is 4.79 Å². The SMILES string of the molecule is CCCNC(=O)N1CCc2c([nH]c3ccccc23)[C@@]12C(=O)N(CC)c1ccccc12. The lowest BCUT2D eigenvalue weighted by Gasteiger charge is -2.43. The summed E-state index contributed by atoms with van der Waals surface area (Å²) in [5.74, 6) is -0.0645. The first kappa shape index (κ1) is 18.7. The molecule has 3 aromatic rings. The highest BCUT2D eigenvalue weighted by Crippen LogP contribution is 2.51. The molecule has 5 rings (SSSR count). The predicted molar refractivity (Wildman–Crippen MR) is 118 cm³/mol. The largest absolute Gasteiger partial charge is 0.355 e. The molecular weight excluding hydrogens is 376 g/mol. The van der Waals surface area contributed by atoms with E-state index in [0.29, 0.717) is 26.1 Å². The van der Waals surface area contributed by atoms with Crippen LogP contribution in [0.15, 0.2) is 48.5 Å². The average Bonchev–Trinajstić information content (AvgIpc) is 3.27. The summed E-state index contributed by atoms with van der Waals surface area (Å²) < 4.78 is 0. The second-order valence-electron chi connectivity index (χ2n) is 7.93. The van der Waals surface area contributed by atoms with E-state index in [4.69, 9.17) is 0 Å². The number of aromatic nitrogens is 1. The van der Waals surface area contributed by atoms with E-state index < -0.39 is 5.54 Å². The number of hydrogen-bond acceptors (Lipinski definition) is 2. The Kier molecular flexibility index (Phi) is 4.31. The van der Waals surface area contributed by atoms with Crippen LogP contribution in [0.1, 0.15) is 37.1 Å². The maximum absolute atomic E-state index is 14.1. The molecule has 1 aromatic heterocycles. The molecule has 2 aliphatic heterocycles. The third-order valence-electron chi connectivity index (χ3n) is 6.39. The van der Waals surface area contributed by atoms with Crippen molar-refractivity contribution in [3.8, 4) is 0 Å². The zero-order chi connectivity index (χ0) is 20.9. The minimum absolute atomic E-state index is 0.0645. The molecule has 2 aliphatic rings. The number of fused-ring (bicyclic) bond motifs is 6. The van der Waals surface area contributed by atoms with Crippen molar-refractivity contribution in [1.29, 1.82) is 0 Å². The van der Waals surface area contributed by atoms with Gasteiger partial charge in [0.1, 0.15) is 0 Å². The summed E-state index contributed by atoms with van der Waals surface area (Å²) in [7, 11) is 0. The summed E-state index contributed by atoms with van der Waals surface area (Å²) in [6.07, 6.45) is 1.55. The van der Waals surface area contributed by atoms with Crippen molar-refractivity contribution in [2.75, 3.05) is 24.5 Å². The number of para-hydroxylation sites is 2. The molecule has 0 unspecified atom stereocenters.